The molecule has 41 heavy (non-hydrogen) atoms. The van der Waals surface area contributed by atoms with Gasteiger partial charge in [0.2, 0.25) is 17.7 Å². The number of aromatic nitrogens is 1. The molecule has 2 atom stereocenters. The first kappa shape index (κ1) is 25.9. The number of anilines is 1. The highest BCUT2D eigenvalue weighted by Gasteiger charge is 2.52. The van der Waals surface area contributed by atoms with Crippen LogP contribution in [0.15, 0.2) is 54.0 Å². The summed E-state index contributed by atoms with van der Waals surface area (Å²) in [4.78, 5) is 46.2. The van der Waals surface area contributed by atoms with Crippen molar-refractivity contribution in [2.45, 2.75) is 57.4 Å². The molecule has 0 radical (unpaired) electrons. The molecule has 8 nitrogen and oxygen atoms in total. The minimum absolute atomic E-state index is 0.0485. The summed E-state index contributed by atoms with van der Waals surface area (Å²) in [6.45, 7) is 0.413. The van der Waals surface area contributed by atoms with Crippen molar-refractivity contribution in [3.8, 4) is 0 Å². The highest BCUT2D eigenvalue weighted by atomic mass is 19.1. The van der Waals surface area contributed by atoms with Crippen molar-refractivity contribution in [1.82, 2.24) is 20.5 Å². The molecular weight excluding hydrogens is 528 g/mol. The van der Waals surface area contributed by atoms with Gasteiger partial charge in [-0.05, 0) is 73.4 Å². The summed E-state index contributed by atoms with van der Waals surface area (Å²) >= 11 is 0. The first-order valence-electron chi connectivity index (χ1n) is 14.3. The maximum absolute atomic E-state index is 14.1. The number of carbonyl (C=O) groups excluding carboxylic acids is 3. The number of piperidine rings is 1. The van der Waals surface area contributed by atoms with Gasteiger partial charge in [-0.25, -0.2) is 13.8 Å². The van der Waals surface area contributed by atoms with Crippen molar-refractivity contribution in [3.63, 3.8) is 0 Å². The Hall–Kier alpha value is -4.08. The van der Waals surface area contributed by atoms with E-state index in [1.165, 1.54) is 17.0 Å². The van der Waals surface area contributed by atoms with E-state index in [1.807, 2.05) is 12.2 Å². The van der Waals surface area contributed by atoms with Crippen molar-refractivity contribution >= 4 is 23.5 Å². The van der Waals surface area contributed by atoms with Crippen molar-refractivity contribution in [2.24, 2.45) is 10.8 Å². The summed E-state index contributed by atoms with van der Waals surface area (Å²) in [5, 5.41) is 9.02. The second-order valence-corrected chi connectivity index (χ2v) is 12.0. The maximum Gasteiger partial charge on any atom is 0.245 e. The molecule has 10 heteroatoms. The molecule has 2 fully saturated rings. The van der Waals surface area contributed by atoms with E-state index in [4.69, 9.17) is 0 Å². The van der Waals surface area contributed by atoms with E-state index in [9.17, 15) is 23.2 Å². The van der Waals surface area contributed by atoms with Crippen LogP contribution in [0.25, 0.3) is 0 Å². The molecule has 2 unspecified atom stereocenters. The molecule has 5 aliphatic rings. The van der Waals surface area contributed by atoms with E-state index in [2.05, 4.69) is 20.9 Å². The molecule has 1 aromatic heterocycles. The number of hydrogen-bond donors (Lipinski definition) is 3. The molecule has 212 valence electrons. The van der Waals surface area contributed by atoms with E-state index in [0.29, 0.717) is 43.6 Å². The summed E-state index contributed by atoms with van der Waals surface area (Å²) in [6.07, 6.45) is 11.3. The Kier molecular flexibility index (Phi) is 5.99. The van der Waals surface area contributed by atoms with Gasteiger partial charge in [-0.3, -0.25) is 14.4 Å². The van der Waals surface area contributed by atoms with Crippen LogP contribution in [-0.2, 0) is 27.2 Å². The molecule has 4 heterocycles. The summed E-state index contributed by atoms with van der Waals surface area (Å²) in [5.74, 6) is -0.936. The van der Waals surface area contributed by atoms with Gasteiger partial charge >= 0.3 is 0 Å². The number of pyridine rings is 1. The number of rotatable bonds is 4. The molecule has 2 aliphatic carbocycles. The number of nitrogens with zero attached hydrogens (tertiary/aromatic N) is 2. The predicted octanol–water partition coefficient (Wildman–Crippen LogP) is 3.81. The highest BCUT2D eigenvalue weighted by Crippen LogP contribution is 2.50. The van der Waals surface area contributed by atoms with Gasteiger partial charge in [-0.15, -0.1) is 0 Å². The SMILES string of the molecule is O=C(CN1C(=O)C2(CCCC2)CCC1c1cc(F)cc(F)c1)Nc1cc2c(cn1)CC1(C2)C(=O)NC2=C1C=CCN2. The monoisotopic (exact) mass is 559 g/mol. The molecule has 2 spiro atoms. The second kappa shape index (κ2) is 9.49. The lowest BCUT2D eigenvalue weighted by Gasteiger charge is -2.44. The lowest BCUT2D eigenvalue weighted by molar-refractivity contribution is -0.152. The van der Waals surface area contributed by atoms with Gasteiger partial charge in [-0.1, -0.05) is 25.0 Å². The Morgan fingerprint density at radius 1 is 1.05 bits per heavy atom. The summed E-state index contributed by atoms with van der Waals surface area (Å²) in [5.41, 5.74) is 1.97. The molecule has 1 saturated carbocycles. The average molecular weight is 560 g/mol. The number of hydrogen-bond acceptors (Lipinski definition) is 5. The van der Waals surface area contributed by atoms with Crippen LogP contribution in [0, 0.1) is 22.5 Å². The number of dihydropyridines is 1. The van der Waals surface area contributed by atoms with Gasteiger partial charge in [0.1, 0.15) is 29.8 Å². The van der Waals surface area contributed by atoms with Crippen molar-refractivity contribution in [2.75, 3.05) is 18.4 Å². The molecule has 1 aromatic carbocycles. The Labute approximate surface area is 236 Å². The van der Waals surface area contributed by atoms with E-state index < -0.39 is 34.4 Å². The fourth-order valence-corrected chi connectivity index (χ4v) is 7.63. The molecule has 3 amide bonds. The Balaban J connectivity index is 1.11. The molecule has 7 rings (SSSR count). The van der Waals surface area contributed by atoms with Crippen molar-refractivity contribution < 1.29 is 23.2 Å². The molecule has 2 aromatic rings. The fraction of sp³-hybridized carbons (Fsp3) is 0.419. The van der Waals surface area contributed by atoms with Crippen LogP contribution in [0.1, 0.15) is 61.3 Å². The van der Waals surface area contributed by atoms with E-state index in [1.54, 1.807) is 12.3 Å². The third-order valence-electron chi connectivity index (χ3n) is 9.61. The average Bonchev–Trinajstić information content (AvgIpc) is 3.63. The number of halogens is 2. The van der Waals surface area contributed by atoms with Crippen LogP contribution in [0.3, 0.4) is 0 Å². The predicted molar refractivity (Wildman–Crippen MR) is 146 cm³/mol. The zero-order chi connectivity index (χ0) is 28.4. The van der Waals surface area contributed by atoms with Crippen LogP contribution in [0.5, 0.6) is 0 Å². The molecule has 0 bridgehead atoms. The first-order chi connectivity index (χ1) is 19.8. The highest BCUT2D eigenvalue weighted by molar-refractivity contribution is 5.96. The summed E-state index contributed by atoms with van der Waals surface area (Å²) in [7, 11) is 0. The topological polar surface area (TPSA) is 103 Å². The van der Waals surface area contributed by atoms with Crippen molar-refractivity contribution in [3.05, 3.63) is 82.3 Å². The number of benzene rings is 1. The maximum atomic E-state index is 14.1. The zero-order valence-electron chi connectivity index (χ0n) is 22.6. The van der Waals surface area contributed by atoms with Crippen molar-refractivity contribution in [1.29, 1.82) is 0 Å². The van der Waals surface area contributed by atoms with Crippen LogP contribution in [0.2, 0.25) is 0 Å². The van der Waals surface area contributed by atoms with Gasteiger partial charge in [0.05, 0.1) is 11.5 Å². The first-order valence-corrected chi connectivity index (χ1v) is 14.3. The number of carbonyl (C=O) groups is 3. The Bertz CT molecular complexity index is 1530. The zero-order valence-corrected chi connectivity index (χ0v) is 22.6. The minimum atomic E-state index is -0.712. The van der Waals surface area contributed by atoms with Gasteiger partial charge in [0.25, 0.3) is 0 Å². The Morgan fingerprint density at radius 2 is 1.80 bits per heavy atom. The van der Waals surface area contributed by atoms with Crippen LogP contribution >= 0.6 is 0 Å². The minimum Gasteiger partial charge on any atom is -0.368 e. The van der Waals surface area contributed by atoms with Crippen LogP contribution in [0.4, 0.5) is 14.6 Å². The van der Waals surface area contributed by atoms with Gasteiger partial charge in [0, 0.05) is 29.8 Å². The van der Waals surface area contributed by atoms with E-state index in [0.717, 1.165) is 54.3 Å². The lowest BCUT2D eigenvalue weighted by atomic mass is 9.74. The summed E-state index contributed by atoms with van der Waals surface area (Å²) in [6, 6.07) is 4.49. The quantitative estimate of drug-likeness (QED) is 0.529. The molecule has 3 aliphatic heterocycles. The van der Waals surface area contributed by atoms with E-state index >= 15 is 0 Å². The van der Waals surface area contributed by atoms with Gasteiger partial charge in [0.15, 0.2) is 0 Å². The molecule has 3 N–H and O–H groups in total. The number of amides is 3. The van der Waals surface area contributed by atoms with E-state index in [-0.39, 0.29) is 18.4 Å². The number of allylic oxidation sites excluding steroid dienone is 1. The molecule has 1 saturated heterocycles. The fourth-order valence-electron chi connectivity index (χ4n) is 7.63. The van der Waals surface area contributed by atoms with Crippen LogP contribution < -0.4 is 16.0 Å². The lowest BCUT2D eigenvalue weighted by Crippen LogP contribution is -2.51. The summed E-state index contributed by atoms with van der Waals surface area (Å²) < 4.78 is 28.2. The largest absolute Gasteiger partial charge is 0.368 e. The Morgan fingerprint density at radius 3 is 2.59 bits per heavy atom. The number of nitrogens with one attached hydrogen (secondary N) is 3. The third kappa shape index (κ3) is 4.22. The number of likely N-dealkylation sites (tertiary alicyclic amines) is 1. The second-order valence-electron chi connectivity index (χ2n) is 12.0. The van der Waals surface area contributed by atoms with Gasteiger partial charge < -0.3 is 20.9 Å². The third-order valence-corrected chi connectivity index (χ3v) is 9.61. The normalized spacial score (nSPS) is 25.9. The molecular formula is C31H31F2N5O3. The number of fused-ring (bicyclic) bond motifs is 2. The smallest absolute Gasteiger partial charge is 0.245 e. The standard InChI is InChI=1S/C31H31F2N5O3/c32-21-10-18(11-22(33)13-21)24-5-8-30(6-1-2-7-30)29(41)38(24)17-26(39)36-25-12-19-14-31(15-20(19)16-35-25)23-4-3-9-34-27(23)37-28(31)40/h3-4,10-13,16,24,34H,1-2,5-9,14-15,17H2,(H,37,40)(H,35,36,39). The van der Waals surface area contributed by atoms with Crippen LogP contribution in [-0.4, -0.2) is 40.7 Å². The van der Waals surface area contributed by atoms with Gasteiger partial charge in [-0.2, -0.15) is 0 Å².